The number of amides is 1. The largest absolute Gasteiger partial charge is 0.343 e. The molecule has 9 nitrogen and oxygen atoms in total. The molecule has 2 aliphatic rings. The van der Waals surface area contributed by atoms with E-state index in [4.69, 9.17) is 9.97 Å². The quantitative estimate of drug-likeness (QED) is 0.705. The number of rotatable bonds is 3. The fraction of sp³-hybridized carbons (Fsp3) is 0.450. The summed E-state index contributed by atoms with van der Waals surface area (Å²) in [4.78, 5) is 29.7. The van der Waals surface area contributed by atoms with Crippen LogP contribution < -0.4 is 10.2 Å². The molecule has 0 bridgehead atoms. The van der Waals surface area contributed by atoms with E-state index in [1.54, 1.807) is 13.1 Å². The zero-order valence-corrected chi connectivity index (χ0v) is 16.6. The van der Waals surface area contributed by atoms with Crippen LogP contribution in [0.4, 0.5) is 17.6 Å². The highest BCUT2D eigenvalue weighted by atomic mass is 16.2. The minimum Gasteiger partial charge on any atom is -0.343 e. The smallest absolute Gasteiger partial charge is 0.229 e. The highest BCUT2D eigenvalue weighted by Crippen LogP contribution is 2.42. The van der Waals surface area contributed by atoms with Gasteiger partial charge in [0.2, 0.25) is 11.9 Å². The van der Waals surface area contributed by atoms with Gasteiger partial charge in [0.1, 0.15) is 11.6 Å². The summed E-state index contributed by atoms with van der Waals surface area (Å²) in [5.74, 6) is 2.36. The molecule has 1 spiro atoms. The summed E-state index contributed by atoms with van der Waals surface area (Å²) in [6, 6.07) is 5.79. The summed E-state index contributed by atoms with van der Waals surface area (Å²) < 4.78 is 0. The highest BCUT2D eigenvalue weighted by Gasteiger charge is 2.46. The minimum atomic E-state index is 0.171. The monoisotopic (exact) mass is 392 g/mol. The lowest BCUT2D eigenvalue weighted by molar-refractivity contribution is -0.131. The van der Waals surface area contributed by atoms with Crippen molar-refractivity contribution in [1.29, 1.82) is 0 Å². The molecule has 0 saturated carbocycles. The minimum absolute atomic E-state index is 0.171. The number of aromatic amines is 1. The Labute approximate surface area is 168 Å². The molecule has 29 heavy (non-hydrogen) atoms. The molecule has 2 N–H and O–H groups in total. The van der Waals surface area contributed by atoms with Crippen molar-refractivity contribution < 1.29 is 4.79 Å². The van der Waals surface area contributed by atoms with E-state index in [2.05, 4.69) is 25.4 Å². The molecule has 0 aliphatic carbocycles. The molecule has 3 aromatic rings. The van der Waals surface area contributed by atoms with Crippen LogP contribution in [0.25, 0.3) is 11.0 Å². The number of likely N-dealkylation sites (tertiary alicyclic amines) is 1. The van der Waals surface area contributed by atoms with Crippen LogP contribution in [0.1, 0.15) is 25.5 Å². The van der Waals surface area contributed by atoms with Gasteiger partial charge in [-0.2, -0.15) is 15.1 Å². The maximum absolute atomic E-state index is 11.6. The molecule has 150 valence electrons. The van der Waals surface area contributed by atoms with Crippen LogP contribution in [-0.2, 0) is 4.79 Å². The van der Waals surface area contributed by atoms with Crippen LogP contribution in [0.5, 0.6) is 0 Å². The summed E-state index contributed by atoms with van der Waals surface area (Å²) in [5.41, 5.74) is 1.84. The molecule has 0 radical (unpaired) electrons. The van der Waals surface area contributed by atoms with Gasteiger partial charge in [0.05, 0.1) is 11.1 Å². The molecular formula is C20H24N8O. The van der Waals surface area contributed by atoms with Crippen molar-refractivity contribution >= 4 is 34.5 Å². The predicted molar refractivity (Wildman–Crippen MR) is 110 cm³/mol. The first kappa shape index (κ1) is 17.8. The Kier molecular flexibility index (Phi) is 4.11. The van der Waals surface area contributed by atoms with Crippen LogP contribution in [-0.4, -0.2) is 62.1 Å². The van der Waals surface area contributed by atoms with Gasteiger partial charge in [0, 0.05) is 50.8 Å². The maximum Gasteiger partial charge on any atom is 0.229 e. The number of carbonyl (C=O) groups excluding carboxylic acids is 1. The number of nitrogens with zero attached hydrogens (tertiary/aromatic N) is 6. The molecule has 3 aromatic heterocycles. The predicted octanol–water partition coefficient (Wildman–Crippen LogP) is 2.25. The number of piperidine rings is 1. The van der Waals surface area contributed by atoms with E-state index >= 15 is 0 Å². The third kappa shape index (κ3) is 3.26. The Hall–Kier alpha value is -3.23. The van der Waals surface area contributed by atoms with Crippen LogP contribution >= 0.6 is 0 Å². The topological polar surface area (TPSA) is 103 Å². The van der Waals surface area contributed by atoms with E-state index in [1.165, 1.54) is 0 Å². The lowest BCUT2D eigenvalue weighted by Gasteiger charge is -2.53. The fourth-order valence-corrected chi connectivity index (χ4v) is 4.32. The van der Waals surface area contributed by atoms with Gasteiger partial charge in [0.15, 0.2) is 5.65 Å². The Bertz CT molecular complexity index is 1060. The molecule has 5 rings (SSSR count). The van der Waals surface area contributed by atoms with Gasteiger partial charge in [-0.05, 0) is 31.9 Å². The number of nitrogens with one attached hydrogen (secondary N) is 2. The van der Waals surface area contributed by atoms with Crippen molar-refractivity contribution in [1.82, 2.24) is 30.0 Å². The van der Waals surface area contributed by atoms with Crippen LogP contribution in [0.2, 0.25) is 0 Å². The zero-order valence-electron chi connectivity index (χ0n) is 16.6. The Morgan fingerprint density at radius 3 is 2.72 bits per heavy atom. The van der Waals surface area contributed by atoms with E-state index in [0.29, 0.717) is 17.4 Å². The van der Waals surface area contributed by atoms with Crippen LogP contribution in [0.15, 0.2) is 24.4 Å². The number of hydrogen-bond donors (Lipinski definition) is 2. The van der Waals surface area contributed by atoms with Crippen molar-refractivity contribution in [3.05, 3.63) is 30.1 Å². The van der Waals surface area contributed by atoms with Gasteiger partial charge < -0.3 is 15.1 Å². The van der Waals surface area contributed by atoms with Crippen LogP contribution in [0, 0.1) is 12.3 Å². The average Bonchev–Trinajstić information content (AvgIpc) is 3.10. The summed E-state index contributed by atoms with van der Waals surface area (Å²) in [6.45, 7) is 7.10. The number of fused-ring (bicyclic) bond motifs is 1. The van der Waals surface area contributed by atoms with Crippen molar-refractivity contribution in [2.45, 2.75) is 26.7 Å². The molecule has 2 aliphatic heterocycles. The van der Waals surface area contributed by atoms with Crippen molar-refractivity contribution in [2.24, 2.45) is 5.41 Å². The number of aromatic nitrogens is 5. The van der Waals surface area contributed by atoms with Crippen molar-refractivity contribution in [3.63, 3.8) is 0 Å². The van der Waals surface area contributed by atoms with Gasteiger partial charge >= 0.3 is 0 Å². The maximum atomic E-state index is 11.6. The molecule has 0 aromatic carbocycles. The molecule has 2 fully saturated rings. The number of carbonyl (C=O) groups is 1. The van der Waals surface area contributed by atoms with Gasteiger partial charge in [-0.3, -0.25) is 9.89 Å². The highest BCUT2D eigenvalue weighted by molar-refractivity contribution is 5.89. The standard InChI is InChI=1S/C20H24N8O/c1-13-10-16(26-25-13)22-18-15-4-3-7-21-17(15)23-19(24-18)28-11-20(12-28)5-8-27(9-6-20)14(2)29/h3-4,7,10H,5-6,8-9,11-12H2,1-2H3,(H2,21,22,23,24,25,26). The number of H-pyrrole nitrogens is 1. The van der Waals surface area contributed by atoms with E-state index < -0.39 is 0 Å². The van der Waals surface area contributed by atoms with Crippen molar-refractivity contribution in [2.75, 3.05) is 36.4 Å². The summed E-state index contributed by atoms with van der Waals surface area (Å²) >= 11 is 0. The second-order valence-electron chi connectivity index (χ2n) is 8.16. The van der Waals surface area contributed by atoms with Gasteiger partial charge in [-0.1, -0.05) is 0 Å². The first-order chi connectivity index (χ1) is 14.0. The lowest BCUT2D eigenvalue weighted by atomic mass is 9.72. The Morgan fingerprint density at radius 1 is 1.24 bits per heavy atom. The van der Waals surface area contributed by atoms with Gasteiger partial charge in [-0.25, -0.2) is 4.98 Å². The SMILES string of the molecule is CC(=O)N1CCC2(CC1)CN(c1nc(Nc3cc(C)n[nH]3)c3cccnc3n1)C2. The van der Waals surface area contributed by atoms with Gasteiger partial charge in [0.25, 0.3) is 0 Å². The summed E-state index contributed by atoms with van der Waals surface area (Å²) in [6.07, 6.45) is 3.82. The first-order valence-corrected chi connectivity index (χ1v) is 9.94. The third-order valence-corrected chi connectivity index (χ3v) is 6.02. The number of hydrogen-bond acceptors (Lipinski definition) is 7. The molecule has 2 saturated heterocycles. The van der Waals surface area contributed by atoms with Gasteiger partial charge in [-0.15, -0.1) is 0 Å². The Morgan fingerprint density at radius 2 is 2.03 bits per heavy atom. The third-order valence-electron chi connectivity index (χ3n) is 6.02. The fourth-order valence-electron chi connectivity index (χ4n) is 4.32. The second kappa shape index (κ2) is 6.68. The Balaban J connectivity index is 1.38. The van der Waals surface area contributed by atoms with E-state index in [9.17, 15) is 4.79 Å². The second-order valence-corrected chi connectivity index (χ2v) is 8.16. The van der Waals surface area contributed by atoms with Crippen LogP contribution in [0.3, 0.4) is 0 Å². The van der Waals surface area contributed by atoms with E-state index in [1.807, 2.05) is 30.0 Å². The number of anilines is 3. The molecule has 0 unspecified atom stereocenters. The molecular weight excluding hydrogens is 368 g/mol. The molecule has 9 heteroatoms. The molecule has 0 atom stereocenters. The molecule has 5 heterocycles. The van der Waals surface area contributed by atoms with Crippen molar-refractivity contribution in [3.8, 4) is 0 Å². The zero-order chi connectivity index (χ0) is 20.0. The summed E-state index contributed by atoms with van der Waals surface area (Å²) in [5, 5.41) is 11.3. The first-order valence-electron chi connectivity index (χ1n) is 9.94. The average molecular weight is 392 g/mol. The number of aryl methyl sites for hydroxylation is 1. The van der Waals surface area contributed by atoms with E-state index in [0.717, 1.165) is 55.9 Å². The normalized spacial score (nSPS) is 18.1. The summed E-state index contributed by atoms with van der Waals surface area (Å²) in [7, 11) is 0. The lowest BCUT2D eigenvalue weighted by Crippen LogP contribution is -2.61. The number of pyridine rings is 1. The molecule has 1 amide bonds. The van der Waals surface area contributed by atoms with E-state index in [-0.39, 0.29) is 11.3 Å².